The van der Waals surface area contributed by atoms with Crippen molar-refractivity contribution in [1.29, 1.82) is 0 Å². The van der Waals surface area contributed by atoms with Gasteiger partial charge in [0, 0.05) is 24.9 Å². The summed E-state index contributed by atoms with van der Waals surface area (Å²) in [6, 6.07) is 2.83. The number of hydrogen-bond donors (Lipinski definition) is 1. The van der Waals surface area contributed by atoms with Gasteiger partial charge in [-0.15, -0.1) is 0 Å². The van der Waals surface area contributed by atoms with Gasteiger partial charge in [0.05, 0.1) is 6.54 Å². The Morgan fingerprint density at radius 1 is 1.59 bits per heavy atom. The number of hydrogen-bond acceptors (Lipinski definition) is 5. The quantitative estimate of drug-likeness (QED) is 0.787. The maximum atomic E-state index is 11.7. The van der Waals surface area contributed by atoms with Gasteiger partial charge in [0.1, 0.15) is 0 Å². The Bertz CT molecular complexity index is 573. The molecular weight excluding hydrogens is 224 g/mol. The fourth-order valence-corrected chi connectivity index (χ4v) is 1.22. The second-order valence-corrected chi connectivity index (χ2v) is 3.39. The smallest absolute Gasteiger partial charge is 0.251 e. The molecule has 0 aromatic carbocycles. The fraction of sp³-hybridized carbons (Fsp3) is 0.200. The number of nitrogens with one attached hydrogen (secondary N) is 1. The summed E-state index contributed by atoms with van der Waals surface area (Å²) in [5, 5.41) is 6.12. The molecule has 0 bridgehead atoms. The van der Waals surface area contributed by atoms with Crippen LogP contribution in [-0.4, -0.2) is 20.6 Å². The first-order valence-corrected chi connectivity index (χ1v) is 4.87. The van der Waals surface area contributed by atoms with Crippen molar-refractivity contribution in [2.24, 2.45) is 7.05 Å². The highest BCUT2D eigenvalue weighted by Crippen LogP contribution is 1.95. The molecule has 2 aromatic rings. The molecule has 0 aliphatic heterocycles. The van der Waals surface area contributed by atoms with E-state index in [2.05, 4.69) is 20.0 Å². The molecular formula is C10H10N4O3. The van der Waals surface area contributed by atoms with Gasteiger partial charge < -0.3 is 14.4 Å². The summed E-state index contributed by atoms with van der Waals surface area (Å²) >= 11 is 0. The lowest BCUT2D eigenvalue weighted by Crippen LogP contribution is -2.26. The zero-order valence-electron chi connectivity index (χ0n) is 9.08. The molecule has 7 nitrogen and oxygen atoms in total. The molecule has 0 unspecified atom stereocenters. The molecule has 2 aromatic heterocycles. The van der Waals surface area contributed by atoms with E-state index < -0.39 is 0 Å². The summed E-state index contributed by atoms with van der Waals surface area (Å²) in [6.45, 7) is 0.157. The number of carbonyl (C=O) groups is 1. The van der Waals surface area contributed by atoms with Crippen LogP contribution in [0.4, 0.5) is 0 Å². The van der Waals surface area contributed by atoms with Crippen LogP contribution in [0.5, 0.6) is 0 Å². The molecule has 0 spiro atoms. The number of nitrogens with zero attached hydrogens (tertiary/aromatic N) is 3. The van der Waals surface area contributed by atoms with E-state index in [1.54, 1.807) is 13.1 Å². The molecule has 0 aliphatic carbocycles. The van der Waals surface area contributed by atoms with Crippen LogP contribution in [0.2, 0.25) is 0 Å². The molecule has 17 heavy (non-hydrogen) atoms. The second-order valence-electron chi connectivity index (χ2n) is 3.39. The van der Waals surface area contributed by atoms with Crippen molar-refractivity contribution in [3.8, 4) is 0 Å². The second kappa shape index (κ2) is 4.60. The van der Waals surface area contributed by atoms with Gasteiger partial charge in [-0.25, -0.2) is 0 Å². The maximum absolute atomic E-state index is 11.7. The summed E-state index contributed by atoms with van der Waals surface area (Å²) in [4.78, 5) is 26.7. The Hall–Kier alpha value is -2.44. The van der Waals surface area contributed by atoms with Gasteiger partial charge in [0.25, 0.3) is 11.5 Å². The van der Waals surface area contributed by atoms with E-state index in [0.717, 1.165) is 0 Å². The number of amides is 1. The third-order valence-electron chi connectivity index (χ3n) is 2.18. The standard InChI is InChI=1S/C10H10N4O3/c1-14-3-2-7(4-9(14)15)10(16)11-5-8-12-6-17-13-8/h2-4,6H,5H2,1H3,(H,11,16). The lowest BCUT2D eigenvalue weighted by atomic mass is 10.2. The number of rotatable bonds is 3. The molecule has 7 heteroatoms. The normalized spacial score (nSPS) is 10.2. The van der Waals surface area contributed by atoms with E-state index in [4.69, 9.17) is 0 Å². The average Bonchev–Trinajstić information content (AvgIpc) is 2.82. The zero-order chi connectivity index (χ0) is 12.3. The first-order valence-electron chi connectivity index (χ1n) is 4.87. The van der Waals surface area contributed by atoms with Crippen molar-refractivity contribution in [3.63, 3.8) is 0 Å². The van der Waals surface area contributed by atoms with Crippen molar-refractivity contribution < 1.29 is 9.32 Å². The molecule has 2 heterocycles. The highest BCUT2D eigenvalue weighted by atomic mass is 16.5. The molecule has 0 saturated heterocycles. The number of carbonyl (C=O) groups excluding carboxylic acids is 1. The van der Waals surface area contributed by atoms with E-state index in [1.807, 2.05) is 0 Å². The minimum absolute atomic E-state index is 0.157. The summed E-state index contributed by atoms with van der Waals surface area (Å²) < 4.78 is 5.91. The van der Waals surface area contributed by atoms with Crippen molar-refractivity contribution in [1.82, 2.24) is 20.0 Å². The molecule has 2 rings (SSSR count). The van der Waals surface area contributed by atoms with E-state index in [9.17, 15) is 9.59 Å². The zero-order valence-corrected chi connectivity index (χ0v) is 9.08. The van der Waals surface area contributed by atoms with Gasteiger partial charge >= 0.3 is 0 Å². The highest BCUT2D eigenvalue weighted by molar-refractivity contribution is 5.93. The van der Waals surface area contributed by atoms with Crippen LogP contribution in [-0.2, 0) is 13.6 Å². The van der Waals surface area contributed by atoms with E-state index in [1.165, 1.54) is 23.2 Å². The fourth-order valence-electron chi connectivity index (χ4n) is 1.22. The maximum Gasteiger partial charge on any atom is 0.251 e. The Morgan fingerprint density at radius 2 is 2.41 bits per heavy atom. The Labute approximate surface area is 96.1 Å². The van der Waals surface area contributed by atoms with Gasteiger partial charge in [-0.2, -0.15) is 4.98 Å². The van der Waals surface area contributed by atoms with Gasteiger partial charge in [-0.05, 0) is 6.07 Å². The summed E-state index contributed by atoms with van der Waals surface area (Å²) in [7, 11) is 1.61. The Balaban J connectivity index is 2.04. The van der Waals surface area contributed by atoms with Gasteiger partial charge in [0.15, 0.2) is 5.82 Å². The predicted octanol–water partition coefficient (Wildman–Crippen LogP) is -0.302. The first-order chi connectivity index (χ1) is 8.16. The molecule has 0 atom stereocenters. The molecule has 0 fully saturated rings. The molecule has 0 saturated carbocycles. The Kier molecular flexibility index (Phi) is 2.99. The van der Waals surface area contributed by atoms with Crippen LogP contribution < -0.4 is 10.9 Å². The van der Waals surface area contributed by atoms with E-state index in [0.29, 0.717) is 11.4 Å². The van der Waals surface area contributed by atoms with Crippen LogP contribution in [0.1, 0.15) is 16.2 Å². The number of aromatic nitrogens is 3. The SMILES string of the molecule is Cn1ccc(C(=O)NCc2ncon2)cc1=O. The lowest BCUT2D eigenvalue weighted by Gasteiger charge is -2.03. The molecule has 0 radical (unpaired) electrons. The third-order valence-corrected chi connectivity index (χ3v) is 2.18. The Morgan fingerprint density at radius 3 is 3.06 bits per heavy atom. The first kappa shape index (κ1) is 11.1. The largest absolute Gasteiger partial charge is 0.345 e. The van der Waals surface area contributed by atoms with Crippen molar-refractivity contribution in [2.75, 3.05) is 0 Å². The summed E-state index contributed by atoms with van der Waals surface area (Å²) in [5.41, 5.74) is 0.0637. The highest BCUT2D eigenvalue weighted by Gasteiger charge is 2.07. The number of aryl methyl sites for hydroxylation is 1. The lowest BCUT2D eigenvalue weighted by molar-refractivity contribution is 0.0949. The summed E-state index contributed by atoms with van der Waals surface area (Å²) in [6.07, 6.45) is 2.71. The minimum Gasteiger partial charge on any atom is -0.345 e. The summed E-state index contributed by atoms with van der Waals surface area (Å²) in [5.74, 6) is 0.0229. The van der Waals surface area contributed by atoms with E-state index in [-0.39, 0.29) is 18.0 Å². The third kappa shape index (κ3) is 2.57. The molecule has 88 valence electrons. The van der Waals surface area contributed by atoms with Gasteiger partial charge in [-0.1, -0.05) is 5.16 Å². The van der Waals surface area contributed by atoms with Crippen molar-refractivity contribution in [3.05, 3.63) is 46.5 Å². The predicted molar refractivity (Wildman–Crippen MR) is 57.2 cm³/mol. The molecule has 1 amide bonds. The van der Waals surface area contributed by atoms with Gasteiger partial charge in [0.2, 0.25) is 6.39 Å². The topological polar surface area (TPSA) is 90.0 Å². The van der Waals surface area contributed by atoms with Crippen molar-refractivity contribution in [2.45, 2.75) is 6.54 Å². The minimum atomic E-state index is -0.354. The van der Waals surface area contributed by atoms with Crippen LogP contribution in [0.15, 0.2) is 34.0 Å². The van der Waals surface area contributed by atoms with Crippen LogP contribution in [0.3, 0.4) is 0 Å². The monoisotopic (exact) mass is 234 g/mol. The molecule has 0 aliphatic rings. The van der Waals surface area contributed by atoms with E-state index >= 15 is 0 Å². The van der Waals surface area contributed by atoms with Crippen LogP contribution in [0, 0.1) is 0 Å². The van der Waals surface area contributed by atoms with Crippen LogP contribution >= 0.6 is 0 Å². The molecule has 1 N–H and O–H groups in total. The van der Waals surface area contributed by atoms with Crippen LogP contribution in [0.25, 0.3) is 0 Å². The average molecular weight is 234 g/mol. The van der Waals surface area contributed by atoms with Crippen molar-refractivity contribution >= 4 is 5.91 Å². The number of pyridine rings is 1. The van der Waals surface area contributed by atoms with Gasteiger partial charge in [-0.3, -0.25) is 9.59 Å².